The van der Waals surface area contributed by atoms with Crippen molar-refractivity contribution in [3.8, 4) is 0 Å². The van der Waals surface area contributed by atoms with Crippen molar-refractivity contribution in [2.45, 2.75) is 38.5 Å². The molecular formula is C14H23N5. The minimum absolute atomic E-state index is 0.594. The minimum atomic E-state index is 0.594. The van der Waals surface area contributed by atoms with Gasteiger partial charge in [-0.1, -0.05) is 0 Å². The van der Waals surface area contributed by atoms with E-state index in [0.29, 0.717) is 5.82 Å². The summed E-state index contributed by atoms with van der Waals surface area (Å²) in [5, 5.41) is 0. The van der Waals surface area contributed by atoms with Gasteiger partial charge in [0, 0.05) is 32.2 Å². The normalized spacial score (nSPS) is 20.6. The van der Waals surface area contributed by atoms with Gasteiger partial charge in [0.05, 0.1) is 0 Å². The number of aromatic nitrogens is 2. The van der Waals surface area contributed by atoms with Gasteiger partial charge in [0.2, 0.25) is 5.95 Å². The van der Waals surface area contributed by atoms with Crippen LogP contribution in [-0.4, -0.2) is 36.1 Å². The van der Waals surface area contributed by atoms with Gasteiger partial charge in [-0.15, -0.1) is 0 Å². The van der Waals surface area contributed by atoms with Crippen molar-refractivity contribution in [3.05, 3.63) is 6.07 Å². The standard InChI is InChI=1S/C14H23N5/c15-12-11-13(18-7-3-1-4-8-18)17-14(16-12)19-9-5-2-6-10-19/h11H,1-10H2,(H2,15,16,17). The molecule has 19 heavy (non-hydrogen) atoms. The Hall–Kier alpha value is -1.52. The number of hydrogen-bond acceptors (Lipinski definition) is 5. The molecule has 2 saturated heterocycles. The maximum atomic E-state index is 5.97. The molecule has 2 N–H and O–H groups in total. The molecule has 0 aliphatic carbocycles. The zero-order valence-electron chi connectivity index (χ0n) is 11.5. The molecule has 0 spiro atoms. The molecule has 0 aromatic carbocycles. The molecule has 0 atom stereocenters. The highest BCUT2D eigenvalue weighted by atomic mass is 15.3. The van der Waals surface area contributed by atoms with Crippen LogP contribution in [0.2, 0.25) is 0 Å². The third-order valence-corrected chi connectivity index (χ3v) is 4.04. The first-order valence-corrected chi connectivity index (χ1v) is 7.47. The number of anilines is 3. The van der Waals surface area contributed by atoms with Crippen LogP contribution in [0.4, 0.5) is 17.6 Å². The largest absolute Gasteiger partial charge is 0.383 e. The summed E-state index contributed by atoms with van der Waals surface area (Å²) in [6.07, 6.45) is 7.62. The summed E-state index contributed by atoms with van der Waals surface area (Å²) in [6, 6.07) is 1.92. The summed E-state index contributed by atoms with van der Waals surface area (Å²) in [6.45, 7) is 4.30. The van der Waals surface area contributed by atoms with Crippen molar-refractivity contribution >= 4 is 17.6 Å². The molecule has 1 aromatic heterocycles. The van der Waals surface area contributed by atoms with Gasteiger partial charge in [-0.2, -0.15) is 9.97 Å². The molecule has 0 saturated carbocycles. The van der Waals surface area contributed by atoms with Gasteiger partial charge >= 0.3 is 0 Å². The third-order valence-electron chi connectivity index (χ3n) is 4.04. The van der Waals surface area contributed by atoms with Gasteiger partial charge in [-0.25, -0.2) is 0 Å². The first kappa shape index (κ1) is 12.5. The summed E-state index contributed by atoms with van der Waals surface area (Å²) in [5.41, 5.74) is 5.97. The molecule has 2 aliphatic heterocycles. The zero-order valence-corrected chi connectivity index (χ0v) is 11.5. The van der Waals surface area contributed by atoms with Crippen LogP contribution in [0.5, 0.6) is 0 Å². The second-order valence-corrected chi connectivity index (χ2v) is 5.55. The highest BCUT2D eigenvalue weighted by Gasteiger charge is 2.18. The van der Waals surface area contributed by atoms with Crippen molar-refractivity contribution in [1.82, 2.24) is 9.97 Å². The van der Waals surface area contributed by atoms with Gasteiger partial charge in [0.25, 0.3) is 0 Å². The lowest BCUT2D eigenvalue weighted by molar-refractivity contribution is 0.561. The van der Waals surface area contributed by atoms with Crippen molar-refractivity contribution < 1.29 is 0 Å². The van der Waals surface area contributed by atoms with Crippen molar-refractivity contribution in [2.75, 3.05) is 41.7 Å². The van der Waals surface area contributed by atoms with Crippen LogP contribution in [-0.2, 0) is 0 Å². The monoisotopic (exact) mass is 261 g/mol. The lowest BCUT2D eigenvalue weighted by Crippen LogP contribution is -2.33. The maximum Gasteiger partial charge on any atom is 0.229 e. The van der Waals surface area contributed by atoms with E-state index in [1.165, 1.54) is 38.5 Å². The molecular weight excluding hydrogens is 238 g/mol. The molecule has 1 aromatic rings. The highest BCUT2D eigenvalue weighted by Crippen LogP contribution is 2.23. The first-order chi connectivity index (χ1) is 9.33. The number of piperidine rings is 2. The van der Waals surface area contributed by atoms with E-state index < -0.39 is 0 Å². The fraction of sp³-hybridized carbons (Fsp3) is 0.714. The predicted octanol–water partition coefficient (Wildman–Crippen LogP) is 2.04. The Labute approximate surface area is 114 Å². The predicted molar refractivity (Wildman–Crippen MR) is 78.6 cm³/mol. The van der Waals surface area contributed by atoms with Crippen molar-refractivity contribution in [2.24, 2.45) is 0 Å². The summed E-state index contributed by atoms with van der Waals surface area (Å²) >= 11 is 0. The fourth-order valence-corrected chi connectivity index (χ4v) is 2.96. The van der Waals surface area contributed by atoms with Crippen molar-refractivity contribution in [3.63, 3.8) is 0 Å². The van der Waals surface area contributed by atoms with Gasteiger partial charge in [0.1, 0.15) is 11.6 Å². The molecule has 3 rings (SSSR count). The lowest BCUT2D eigenvalue weighted by atomic mass is 10.1. The molecule has 2 fully saturated rings. The van der Waals surface area contributed by atoms with Gasteiger partial charge in [-0.3, -0.25) is 0 Å². The Morgan fingerprint density at radius 3 is 2.00 bits per heavy atom. The maximum absolute atomic E-state index is 5.97. The van der Waals surface area contributed by atoms with E-state index >= 15 is 0 Å². The minimum Gasteiger partial charge on any atom is -0.383 e. The second-order valence-electron chi connectivity index (χ2n) is 5.55. The second kappa shape index (κ2) is 5.63. The molecule has 5 heteroatoms. The van der Waals surface area contributed by atoms with E-state index in [-0.39, 0.29) is 0 Å². The number of rotatable bonds is 2. The van der Waals surface area contributed by atoms with Crippen molar-refractivity contribution in [1.29, 1.82) is 0 Å². The fourth-order valence-electron chi connectivity index (χ4n) is 2.96. The van der Waals surface area contributed by atoms with Crippen LogP contribution < -0.4 is 15.5 Å². The van der Waals surface area contributed by atoms with E-state index in [2.05, 4.69) is 14.8 Å². The zero-order chi connectivity index (χ0) is 13.1. The number of hydrogen-bond donors (Lipinski definition) is 1. The Morgan fingerprint density at radius 1 is 0.789 bits per heavy atom. The van der Waals surface area contributed by atoms with Crippen LogP contribution in [0.25, 0.3) is 0 Å². The summed E-state index contributed by atoms with van der Waals surface area (Å²) in [5.74, 6) is 2.42. The van der Waals surface area contributed by atoms with Gasteiger partial charge < -0.3 is 15.5 Å². The molecule has 0 bridgehead atoms. The summed E-state index contributed by atoms with van der Waals surface area (Å²) in [7, 11) is 0. The number of nitrogen functional groups attached to an aromatic ring is 1. The smallest absolute Gasteiger partial charge is 0.229 e. The third kappa shape index (κ3) is 2.91. The van der Waals surface area contributed by atoms with E-state index in [1.807, 2.05) is 6.07 Å². The Kier molecular flexibility index (Phi) is 3.71. The van der Waals surface area contributed by atoms with E-state index in [1.54, 1.807) is 0 Å². The lowest BCUT2D eigenvalue weighted by Gasteiger charge is -2.30. The molecule has 0 radical (unpaired) electrons. The summed E-state index contributed by atoms with van der Waals surface area (Å²) < 4.78 is 0. The molecule has 3 heterocycles. The van der Waals surface area contributed by atoms with Gasteiger partial charge in [-0.05, 0) is 38.5 Å². The molecule has 104 valence electrons. The van der Waals surface area contributed by atoms with E-state index in [4.69, 9.17) is 10.7 Å². The molecule has 0 amide bonds. The Balaban J connectivity index is 1.82. The van der Waals surface area contributed by atoms with Crippen LogP contribution in [0.1, 0.15) is 38.5 Å². The van der Waals surface area contributed by atoms with E-state index in [9.17, 15) is 0 Å². The SMILES string of the molecule is Nc1cc(N2CCCCC2)nc(N2CCCCC2)n1. The first-order valence-electron chi connectivity index (χ1n) is 7.47. The number of nitrogens with two attached hydrogens (primary N) is 1. The van der Waals surface area contributed by atoms with Crippen LogP contribution in [0, 0.1) is 0 Å². The Morgan fingerprint density at radius 2 is 1.37 bits per heavy atom. The van der Waals surface area contributed by atoms with E-state index in [0.717, 1.165) is 37.9 Å². The molecule has 5 nitrogen and oxygen atoms in total. The van der Waals surface area contributed by atoms with Crippen LogP contribution >= 0.6 is 0 Å². The topological polar surface area (TPSA) is 58.3 Å². The van der Waals surface area contributed by atoms with Crippen LogP contribution in [0.15, 0.2) is 6.07 Å². The Bertz CT molecular complexity index is 386. The van der Waals surface area contributed by atoms with Gasteiger partial charge in [0.15, 0.2) is 0 Å². The number of nitrogens with zero attached hydrogens (tertiary/aromatic N) is 4. The highest BCUT2D eigenvalue weighted by molar-refractivity contribution is 5.52. The van der Waals surface area contributed by atoms with Crippen LogP contribution in [0.3, 0.4) is 0 Å². The quantitative estimate of drug-likeness (QED) is 0.883. The molecule has 2 aliphatic rings. The average Bonchev–Trinajstić information content (AvgIpc) is 2.48. The summed E-state index contributed by atoms with van der Waals surface area (Å²) in [4.78, 5) is 13.8. The molecule has 0 unspecified atom stereocenters. The average molecular weight is 261 g/mol.